The molecule has 0 saturated heterocycles. The van der Waals surface area contributed by atoms with Crippen LogP contribution in [0.5, 0.6) is 5.75 Å². The van der Waals surface area contributed by atoms with Gasteiger partial charge in [0.15, 0.2) is 5.13 Å². The molecule has 0 spiro atoms. The van der Waals surface area contributed by atoms with Gasteiger partial charge >= 0.3 is 0 Å². The highest BCUT2D eigenvalue weighted by atomic mass is 32.1. The van der Waals surface area contributed by atoms with E-state index in [4.69, 9.17) is 4.74 Å². The van der Waals surface area contributed by atoms with Gasteiger partial charge in [0.25, 0.3) is 0 Å². The molecule has 6 aromatic rings. The van der Waals surface area contributed by atoms with Crippen molar-refractivity contribution in [3.8, 4) is 38.7 Å². The second kappa shape index (κ2) is 9.12. The van der Waals surface area contributed by atoms with Gasteiger partial charge in [-0.15, -0.1) is 11.3 Å². The first-order valence-electron chi connectivity index (χ1n) is 12.5. The van der Waals surface area contributed by atoms with Crippen molar-refractivity contribution in [1.82, 2.24) is 25.1 Å². The number of H-pyrrole nitrogens is 2. The maximum atomic E-state index is 13.7. The lowest BCUT2D eigenvalue weighted by atomic mass is 9.98. The number of aromatic nitrogens is 5. The maximum Gasteiger partial charge on any atom is 0.176 e. The number of aromatic amines is 2. The number of hydrogen-bond acceptors (Lipinski definition) is 5. The van der Waals surface area contributed by atoms with Gasteiger partial charge in [-0.2, -0.15) is 9.49 Å². The molecule has 1 fully saturated rings. The summed E-state index contributed by atoms with van der Waals surface area (Å²) in [5.74, 6) is 0.817. The summed E-state index contributed by atoms with van der Waals surface area (Å²) in [4.78, 5) is 13.1. The normalized spacial score (nSPS) is 14.5. The fourth-order valence-electron chi connectivity index (χ4n) is 5.25. The van der Waals surface area contributed by atoms with E-state index in [2.05, 4.69) is 49.4 Å². The van der Waals surface area contributed by atoms with Gasteiger partial charge in [-0.3, -0.25) is 15.1 Å². The number of thiophene rings is 1. The lowest BCUT2D eigenvalue weighted by Gasteiger charge is -2.23. The number of benzene rings is 1. The van der Waals surface area contributed by atoms with Crippen LogP contribution in [-0.4, -0.2) is 31.3 Å². The molecule has 1 aromatic carbocycles. The van der Waals surface area contributed by atoms with Crippen LogP contribution in [-0.2, 0) is 0 Å². The Kier molecular flexibility index (Phi) is 5.47. The van der Waals surface area contributed by atoms with E-state index >= 15 is 0 Å². The maximum absolute atomic E-state index is 13.7. The zero-order valence-electron chi connectivity index (χ0n) is 20.0. The molecule has 37 heavy (non-hydrogen) atoms. The Hall–Kier alpha value is -4.04. The first-order chi connectivity index (χ1) is 18.2. The molecule has 6 nitrogen and oxygen atoms in total. The Bertz CT molecular complexity index is 1730. The fraction of sp³-hybridized carbons (Fsp3) is 0.207. The highest BCUT2D eigenvalue weighted by molar-refractivity contribution is 7.14. The monoisotopic (exact) mass is 509 g/mol. The molecule has 0 bridgehead atoms. The van der Waals surface area contributed by atoms with Crippen LogP contribution in [0.4, 0.5) is 4.39 Å². The van der Waals surface area contributed by atoms with Crippen LogP contribution in [0.2, 0.25) is 0 Å². The second-order valence-corrected chi connectivity index (χ2v) is 10.6. The molecule has 0 amide bonds. The molecule has 0 atom stereocenters. The highest BCUT2D eigenvalue weighted by Crippen LogP contribution is 2.37. The number of fused-ring (bicyclic) bond motifs is 2. The molecule has 8 heteroatoms. The van der Waals surface area contributed by atoms with Gasteiger partial charge < -0.3 is 9.72 Å². The molecular formula is C29H24FN5OS. The molecule has 184 valence electrons. The van der Waals surface area contributed by atoms with E-state index in [1.165, 1.54) is 25.3 Å². The Morgan fingerprint density at radius 1 is 0.838 bits per heavy atom. The number of pyridine rings is 2. The molecule has 0 unspecified atom stereocenters. The van der Waals surface area contributed by atoms with Crippen LogP contribution < -0.4 is 4.74 Å². The standard InChI is InChI=1S/C29H24FN5OS/c30-28-9-8-27(37-28)23-15-32-16-26-21(23)12-25(33-26)29-22-11-17(6-7-24(22)34-35-29)18-10-20(14-31-13-18)36-19-4-2-1-3-5-19/h6-16,19,33H,1-5H2,(H,34,35). The molecule has 2 N–H and O–H groups in total. The molecule has 5 aromatic heterocycles. The minimum Gasteiger partial charge on any atom is -0.489 e. The van der Waals surface area contributed by atoms with Crippen LogP contribution in [0, 0.1) is 5.13 Å². The highest BCUT2D eigenvalue weighted by Gasteiger charge is 2.17. The molecular weight excluding hydrogens is 485 g/mol. The molecule has 1 aliphatic rings. The number of rotatable bonds is 5. The predicted molar refractivity (Wildman–Crippen MR) is 145 cm³/mol. The SMILES string of the molecule is Fc1ccc(-c2cncc3[nH]c(-c4n[nH]c5ccc(-c6cncc(OC7CCCCC7)c6)cc45)cc23)s1. The van der Waals surface area contributed by atoms with Gasteiger partial charge in [0.05, 0.1) is 35.2 Å². The summed E-state index contributed by atoms with van der Waals surface area (Å²) in [5, 5.41) is 9.54. The number of nitrogens with one attached hydrogen (secondary N) is 2. The van der Waals surface area contributed by atoms with E-state index in [-0.39, 0.29) is 11.2 Å². The van der Waals surface area contributed by atoms with Crippen molar-refractivity contribution < 1.29 is 9.13 Å². The Morgan fingerprint density at radius 3 is 2.59 bits per heavy atom. The quantitative estimate of drug-likeness (QED) is 0.249. The fourth-order valence-corrected chi connectivity index (χ4v) is 6.00. The van der Waals surface area contributed by atoms with Crippen LogP contribution in [0.1, 0.15) is 32.1 Å². The Labute approximate surface area is 216 Å². The van der Waals surface area contributed by atoms with Crippen molar-refractivity contribution >= 4 is 33.1 Å². The largest absolute Gasteiger partial charge is 0.489 e. The molecule has 0 radical (unpaired) electrons. The van der Waals surface area contributed by atoms with Crippen LogP contribution in [0.25, 0.3) is 54.8 Å². The van der Waals surface area contributed by atoms with Gasteiger partial charge in [0, 0.05) is 39.2 Å². The number of ether oxygens (including phenoxy) is 1. The van der Waals surface area contributed by atoms with Crippen molar-refractivity contribution in [2.24, 2.45) is 0 Å². The molecule has 5 heterocycles. The summed E-state index contributed by atoms with van der Waals surface area (Å²) in [6.45, 7) is 0. The zero-order valence-corrected chi connectivity index (χ0v) is 20.8. The first kappa shape index (κ1) is 22.2. The minimum atomic E-state index is -0.212. The molecule has 0 aliphatic heterocycles. The van der Waals surface area contributed by atoms with E-state index in [1.807, 2.05) is 12.3 Å². The van der Waals surface area contributed by atoms with E-state index in [9.17, 15) is 4.39 Å². The first-order valence-corrected chi connectivity index (χ1v) is 13.4. The number of nitrogens with zero attached hydrogens (tertiary/aromatic N) is 3. The molecule has 1 saturated carbocycles. The summed E-state index contributed by atoms with van der Waals surface area (Å²) in [6, 6.07) is 13.7. The summed E-state index contributed by atoms with van der Waals surface area (Å²) in [6.07, 6.45) is 13.5. The third-order valence-electron chi connectivity index (χ3n) is 7.10. The Balaban J connectivity index is 1.26. The van der Waals surface area contributed by atoms with E-state index < -0.39 is 0 Å². The van der Waals surface area contributed by atoms with E-state index in [0.717, 1.165) is 84.7 Å². The lowest BCUT2D eigenvalue weighted by Crippen LogP contribution is -2.19. The van der Waals surface area contributed by atoms with Gasteiger partial charge in [-0.25, -0.2) is 0 Å². The van der Waals surface area contributed by atoms with Crippen molar-refractivity contribution in [3.05, 3.63) is 72.4 Å². The van der Waals surface area contributed by atoms with E-state index in [1.54, 1.807) is 24.7 Å². The third-order valence-corrected chi connectivity index (χ3v) is 8.01. The number of hydrogen-bond donors (Lipinski definition) is 2. The van der Waals surface area contributed by atoms with Crippen molar-refractivity contribution in [1.29, 1.82) is 0 Å². The minimum absolute atomic E-state index is 0.212. The van der Waals surface area contributed by atoms with Gasteiger partial charge in [-0.05, 0) is 67.6 Å². The predicted octanol–water partition coefficient (Wildman–Crippen LogP) is 7.75. The topological polar surface area (TPSA) is 79.5 Å². The van der Waals surface area contributed by atoms with Crippen molar-refractivity contribution in [2.45, 2.75) is 38.2 Å². The second-order valence-electron chi connectivity index (χ2n) is 9.55. The smallest absolute Gasteiger partial charge is 0.176 e. The van der Waals surface area contributed by atoms with Gasteiger partial charge in [-0.1, -0.05) is 12.5 Å². The third kappa shape index (κ3) is 4.17. The zero-order chi connectivity index (χ0) is 24.8. The summed E-state index contributed by atoms with van der Waals surface area (Å²) in [5.41, 5.74) is 6.46. The molecule has 7 rings (SSSR count). The lowest BCUT2D eigenvalue weighted by molar-refractivity contribution is 0.154. The average Bonchev–Trinajstić information content (AvgIpc) is 3.66. The van der Waals surface area contributed by atoms with Crippen LogP contribution in [0.15, 0.2) is 67.3 Å². The van der Waals surface area contributed by atoms with E-state index in [0.29, 0.717) is 0 Å². The van der Waals surface area contributed by atoms with Gasteiger partial charge in [0.1, 0.15) is 11.4 Å². The Morgan fingerprint density at radius 2 is 1.73 bits per heavy atom. The van der Waals surface area contributed by atoms with Crippen molar-refractivity contribution in [3.63, 3.8) is 0 Å². The van der Waals surface area contributed by atoms with Crippen molar-refractivity contribution in [2.75, 3.05) is 0 Å². The number of halogens is 1. The molecule has 1 aliphatic carbocycles. The summed E-state index contributed by atoms with van der Waals surface area (Å²) < 4.78 is 20.0. The van der Waals surface area contributed by atoms with Gasteiger partial charge in [0.2, 0.25) is 0 Å². The summed E-state index contributed by atoms with van der Waals surface area (Å²) >= 11 is 1.12. The summed E-state index contributed by atoms with van der Waals surface area (Å²) in [7, 11) is 0. The van der Waals surface area contributed by atoms with Crippen LogP contribution >= 0.6 is 11.3 Å². The average molecular weight is 510 g/mol. The van der Waals surface area contributed by atoms with Crippen LogP contribution in [0.3, 0.4) is 0 Å².